The molecule has 27 heavy (non-hydrogen) atoms. The second-order valence-electron chi connectivity index (χ2n) is 7.86. The second-order valence-corrected chi connectivity index (χ2v) is 7.86. The SMILES string of the molecule is COC(=O)C(C)CN(C(=O)COc1cc(C)ccc1C)C1CCCCC1C. The molecule has 0 aromatic heterocycles. The quantitative estimate of drug-likeness (QED) is 0.678. The number of carbonyl (C=O) groups excluding carboxylic acids is 2. The maximum Gasteiger partial charge on any atom is 0.310 e. The van der Waals surface area contributed by atoms with E-state index < -0.39 is 0 Å². The highest BCUT2D eigenvalue weighted by atomic mass is 16.5. The van der Waals surface area contributed by atoms with Crippen LogP contribution < -0.4 is 4.74 Å². The van der Waals surface area contributed by atoms with Gasteiger partial charge in [0.2, 0.25) is 0 Å². The maximum atomic E-state index is 13.1. The number of hydrogen-bond donors (Lipinski definition) is 0. The van der Waals surface area contributed by atoms with Crippen LogP contribution in [0.1, 0.15) is 50.7 Å². The Balaban J connectivity index is 2.11. The third kappa shape index (κ3) is 5.72. The number of methoxy groups -OCH3 is 1. The molecule has 1 aromatic carbocycles. The minimum absolute atomic E-state index is 0.0125. The molecule has 1 amide bonds. The lowest BCUT2D eigenvalue weighted by Crippen LogP contribution is -2.49. The Kier molecular flexibility index (Phi) is 7.69. The first-order chi connectivity index (χ1) is 12.8. The molecule has 2 rings (SSSR count). The van der Waals surface area contributed by atoms with Crippen molar-refractivity contribution in [3.63, 3.8) is 0 Å². The molecule has 1 saturated carbocycles. The van der Waals surface area contributed by atoms with Crippen LogP contribution in [0.25, 0.3) is 0 Å². The standard InChI is InChI=1S/C22H33NO4/c1-15-10-11-17(3)20(12-15)27-14-21(24)23(13-18(4)22(25)26-5)19-9-7-6-8-16(19)2/h10-12,16,18-19H,6-9,13-14H2,1-5H3. The fraction of sp³-hybridized carbons (Fsp3) is 0.636. The maximum absolute atomic E-state index is 13.1. The van der Waals surface area contributed by atoms with Crippen molar-refractivity contribution in [3.05, 3.63) is 29.3 Å². The minimum Gasteiger partial charge on any atom is -0.483 e. The van der Waals surface area contributed by atoms with E-state index in [2.05, 4.69) is 6.92 Å². The van der Waals surface area contributed by atoms with Gasteiger partial charge >= 0.3 is 5.97 Å². The van der Waals surface area contributed by atoms with Crippen LogP contribution in [-0.4, -0.2) is 43.1 Å². The van der Waals surface area contributed by atoms with E-state index in [4.69, 9.17) is 9.47 Å². The van der Waals surface area contributed by atoms with Crippen LogP contribution in [0.5, 0.6) is 5.75 Å². The monoisotopic (exact) mass is 375 g/mol. The Hall–Kier alpha value is -2.04. The molecule has 3 atom stereocenters. The molecule has 5 nitrogen and oxygen atoms in total. The van der Waals surface area contributed by atoms with Crippen LogP contribution in [0, 0.1) is 25.7 Å². The van der Waals surface area contributed by atoms with Crippen molar-refractivity contribution in [2.24, 2.45) is 11.8 Å². The summed E-state index contributed by atoms with van der Waals surface area (Å²) in [4.78, 5) is 26.8. The smallest absolute Gasteiger partial charge is 0.310 e. The zero-order valence-corrected chi connectivity index (χ0v) is 17.3. The van der Waals surface area contributed by atoms with Crippen LogP contribution in [0.4, 0.5) is 0 Å². The average Bonchev–Trinajstić information content (AvgIpc) is 2.66. The average molecular weight is 376 g/mol. The number of ether oxygens (including phenoxy) is 2. The number of aryl methyl sites for hydroxylation is 2. The van der Waals surface area contributed by atoms with Gasteiger partial charge in [0.15, 0.2) is 6.61 Å². The Labute approximate surface area is 163 Å². The predicted molar refractivity (Wildman–Crippen MR) is 106 cm³/mol. The van der Waals surface area contributed by atoms with Crippen LogP contribution in [0.3, 0.4) is 0 Å². The molecule has 1 aliphatic rings. The summed E-state index contributed by atoms with van der Waals surface area (Å²) in [6.45, 7) is 8.34. The molecule has 5 heteroatoms. The Morgan fingerprint density at radius 1 is 1.22 bits per heavy atom. The highest BCUT2D eigenvalue weighted by molar-refractivity contribution is 5.79. The first-order valence-electron chi connectivity index (χ1n) is 9.90. The molecule has 0 bridgehead atoms. The normalized spacial score (nSPS) is 20.6. The molecule has 0 radical (unpaired) electrons. The highest BCUT2D eigenvalue weighted by Crippen LogP contribution is 2.29. The van der Waals surface area contributed by atoms with E-state index in [9.17, 15) is 9.59 Å². The van der Waals surface area contributed by atoms with Crippen molar-refractivity contribution in [1.29, 1.82) is 0 Å². The summed E-state index contributed by atoms with van der Waals surface area (Å²) in [7, 11) is 1.39. The van der Waals surface area contributed by atoms with Gasteiger partial charge in [-0.2, -0.15) is 0 Å². The van der Waals surface area contributed by atoms with Crippen molar-refractivity contribution in [2.45, 2.75) is 59.4 Å². The summed E-state index contributed by atoms with van der Waals surface area (Å²) >= 11 is 0. The van der Waals surface area contributed by atoms with Gasteiger partial charge < -0.3 is 14.4 Å². The van der Waals surface area contributed by atoms with Gasteiger partial charge in [0, 0.05) is 12.6 Å². The number of esters is 1. The van der Waals surface area contributed by atoms with Gasteiger partial charge in [-0.05, 0) is 49.8 Å². The number of benzene rings is 1. The Morgan fingerprint density at radius 3 is 2.59 bits per heavy atom. The van der Waals surface area contributed by atoms with Gasteiger partial charge in [-0.1, -0.05) is 38.8 Å². The van der Waals surface area contributed by atoms with Gasteiger partial charge in [-0.15, -0.1) is 0 Å². The molecule has 0 aliphatic heterocycles. The molecular weight excluding hydrogens is 342 g/mol. The van der Waals surface area contributed by atoms with Gasteiger partial charge in [-0.25, -0.2) is 0 Å². The van der Waals surface area contributed by atoms with Crippen molar-refractivity contribution >= 4 is 11.9 Å². The van der Waals surface area contributed by atoms with Gasteiger partial charge in [0.05, 0.1) is 13.0 Å². The summed E-state index contributed by atoms with van der Waals surface area (Å²) in [5, 5.41) is 0. The zero-order chi connectivity index (χ0) is 20.0. The van der Waals surface area contributed by atoms with Crippen molar-refractivity contribution in [1.82, 2.24) is 4.90 Å². The molecule has 0 spiro atoms. The minimum atomic E-state index is -0.353. The molecule has 3 unspecified atom stereocenters. The predicted octanol–water partition coefficient (Wildman–Crippen LogP) is 3.90. The molecular formula is C22H33NO4. The molecule has 1 aliphatic carbocycles. The van der Waals surface area contributed by atoms with Crippen molar-refractivity contribution in [2.75, 3.05) is 20.3 Å². The summed E-state index contributed by atoms with van der Waals surface area (Å²) in [5.41, 5.74) is 2.11. The fourth-order valence-electron chi connectivity index (χ4n) is 3.84. The van der Waals surface area contributed by atoms with E-state index in [1.807, 2.05) is 43.9 Å². The molecule has 1 aromatic rings. The Bertz CT molecular complexity index is 658. The summed E-state index contributed by atoms with van der Waals surface area (Å²) < 4.78 is 10.7. The molecule has 0 heterocycles. The van der Waals surface area contributed by atoms with Gasteiger partial charge in [-0.3, -0.25) is 9.59 Å². The summed E-state index contributed by atoms with van der Waals surface area (Å²) in [5.74, 6) is 0.458. The van der Waals surface area contributed by atoms with E-state index in [1.54, 1.807) is 0 Å². The lowest BCUT2D eigenvalue weighted by Gasteiger charge is -2.39. The number of rotatable bonds is 7. The van der Waals surface area contributed by atoms with E-state index >= 15 is 0 Å². The molecule has 0 N–H and O–H groups in total. The molecule has 0 saturated heterocycles. The van der Waals surface area contributed by atoms with Crippen LogP contribution >= 0.6 is 0 Å². The van der Waals surface area contributed by atoms with Crippen molar-refractivity contribution in [3.8, 4) is 5.75 Å². The first-order valence-corrected chi connectivity index (χ1v) is 9.90. The second kappa shape index (κ2) is 9.77. The fourth-order valence-corrected chi connectivity index (χ4v) is 3.84. The molecule has 150 valence electrons. The number of hydrogen-bond acceptors (Lipinski definition) is 4. The van der Waals surface area contributed by atoms with Gasteiger partial charge in [0.25, 0.3) is 5.91 Å². The topological polar surface area (TPSA) is 55.8 Å². The van der Waals surface area contributed by atoms with Crippen LogP contribution in [-0.2, 0) is 14.3 Å². The third-order valence-corrected chi connectivity index (χ3v) is 5.56. The summed E-state index contributed by atoms with van der Waals surface area (Å²) in [6, 6.07) is 6.13. The van der Waals surface area contributed by atoms with Gasteiger partial charge in [0.1, 0.15) is 5.75 Å². The lowest BCUT2D eigenvalue weighted by molar-refractivity contribution is -0.148. The zero-order valence-electron chi connectivity index (χ0n) is 17.3. The van der Waals surface area contributed by atoms with Crippen LogP contribution in [0.15, 0.2) is 18.2 Å². The largest absolute Gasteiger partial charge is 0.483 e. The summed E-state index contributed by atoms with van der Waals surface area (Å²) in [6.07, 6.45) is 4.40. The van der Waals surface area contributed by atoms with E-state index in [0.717, 1.165) is 36.1 Å². The number of carbonyl (C=O) groups is 2. The molecule has 1 fully saturated rings. The highest BCUT2D eigenvalue weighted by Gasteiger charge is 2.33. The Morgan fingerprint density at radius 2 is 1.93 bits per heavy atom. The van der Waals surface area contributed by atoms with E-state index in [-0.39, 0.29) is 30.4 Å². The van der Waals surface area contributed by atoms with E-state index in [1.165, 1.54) is 13.5 Å². The van der Waals surface area contributed by atoms with Crippen LogP contribution in [0.2, 0.25) is 0 Å². The number of amides is 1. The van der Waals surface area contributed by atoms with Crippen molar-refractivity contribution < 1.29 is 19.1 Å². The van der Waals surface area contributed by atoms with E-state index in [0.29, 0.717) is 12.5 Å². The number of nitrogens with zero attached hydrogens (tertiary/aromatic N) is 1. The lowest BCUT2D eigenvalue weighted by atomic mass is 9.84. The first kappa shape index (κ1) is 21.3. The third-order valence-electron chi connectivity index (χ3n) is 5.56.